The Balaban J connectivity index is 1.81. The number of hydrogen-bond donors (Lipinski definition) is 1. The average Bonchev–Trinajstić information content (AvgIpc) is 3.03. The number of carboxylic acids is 1. The summed E-state index contributed by atoms with van der Waals surface area (Å²) in [7, 11) is 0. The van der Waals surface area contributed by atoms with Crippen LogP contribution < -0.4 is 0 Å². The first-order valence-electron chi connectivity index (χ1n) is 6.90. The Morgan fingerprint density at radius 2 is 1.81 bits per heavy atom. The Labute approximate surface area is 99.4 Å². The molecular formula is C14H26O2. The van der Waals surface area contributed by atoms with Gasteiger partial charge in [0.25, 0.3) is 0 Å². The van der Waals surface area contributed by atoms with Crippen LogP contribution in [0.4, 0.5) is 0 Å². The second kappa shape index (κ2) is 7.70. The Kier molecular flexibility index (Phi) is 6.51. The Morgan fingerprint density at radius 3 is 2.38 bits per heavy atom. The third-order valence-electron chi connectivity index (χ3n) is 3.59. The van der Waals surface area contributed by atoms with Crippen LogP contribution in [0.15, 0.2) is 0 Å². The van der Waals surface area contributed by atoms with Crippen molar-refractivity contribution in [2.24, 2.45) is 11.8 Å². The second-order valence-electron chi connectivity index (χ2n) is 5.47. The standard InChI is InChI=1S/C14H26O2/c1-12(7-3-5-9-14(15)16)6-2-4-8-13-10-11-13/h12-13H,2-11H2,1H3,(H,15,16). The molecule has 16 heavy (non-hydrogen) atoms. The fourth-order valence-electron chi connectivity index (χ4n) is 2.25. The minimum absolute atomic E-state index is 0.342. The summed E-state index contributed by atoms with van der Waals surface area (Å²) in [5, 5.41) is 8.51. The van der Waals surface area contributed by atoms with Crippen LogP contribution in [0.1, 0.15) is 71.1 Å². The molecule has 2 nitrogen and oxygen atoms in total. The molecule has 1 N–H and O–H groups in total. The molecule has 0 amide bonds. The van der Waals surface area contributed by atoms with Crippen molar-refractivity contribution in [2.45, 2.75) is 71.1 Å². The molecule has 0 aromatic heterocycles. The van der Waals surface area contributed by atoms with Gasteiger partial charge in [0.1, 0.15) is 0 Å². The SMILES string of the molecule is CC(CCCCC(=O)O)CCCCC1CC1. The molecule has 94 valence electrons. The van der Waals surface area contributed by atoms with Gasteiger partial charge in [0.2, 0.25) is 0 Å². The van der Waals surface area contributed by atoms with Gasteiger partial charge in [0.15, 0.2) is 0 Å². The number of rotatable bonds is 10. The molecule has 1 fully saturated rings. The summed E-state index contributed by atoms with van der Waals surface area (Å²) in [6, 6.07) is 0. The molecule has 1 rings (SSSR count). The smallest absolute Gasteiger partial charge is 0.303 e. The fraction of sp³-hybridized carbons (Fsp3) is 0.929. The minimum atomic E-state index is -0.655. The molecule has 1 aliphatic rings. The van der Waals surface area contributed by atoms with E-state index in [0.29, 0.717) is 6.42 Å². The first-order chi connectivity index (χ1) is 7.68. The summed E-state index contributed by atoms with van der Waals surface area (Å²) >= 11 is 0. The van der Waals surface area contributed by atoms with Gasteiger partial charge in [-0.3, -0.25) is 4.79 Å². The lowest BCUT2D eigenvalue weighted by Crippen LogP contribution is -1.98. The largest absolute Gasteiger partial charge is 0.481 e. The number of aliphatic carboxylic acids is 1. The van der Waals surface area contributed by atoms with E-state index in [1.165, 1.54) is 44.9 Å². The predicted molar refractivity (Wildman–Crippen MR) is 66.5 cm³/mol. The number of hydrogen-bond acceptors (Lipinski definition) is 1. The average molecular weight is 226 g/mol. The van der Waals surface area contributed by atoms with Gasteiger partial charge in [0, 0.05) is 6.42 Å². The lowest BCUT2D eigenvalue weighted by atomic mass is 9.96. The highest BCUT2D eigenvalue weighted by Crippen LogP contribution is 2.34. The van der Waals surface area contributed by atoms with E-state index in [1.807, 2.05) is 0 Å². The van der Waals surface area contributed by atoms with Crippen molar-refractivity contribution in [2.75, 3.05) is 0 Å². The molecule has 1 aliphatic carbocycles. The van der Waals surface area contributed by atoms with E-state index < -0.39 is 5.97 Å². The van der Waals surface area contributed by atoms with Gasteiger partial charge in [0.05, 0.1) is 0 Å². The molecule has 1 unspecified atom stereocenters. The third-order valence-corrected chi connectivity index (χ3v) is 3.59. The van der Waals surface area contributed by atoms with E-state index in [4.69, 9.17) is 5.11 Å². The molecular weight excluding hydrogens is 200 g/mol. The maximum absolute atomic E-state index is 10.3. The molecule has 0 radical (unpaired) electrons. The highest BCUT2D eigenvalue weighted by molar-refractivity contribution is 5.66. The zero-order chi connectivity index (χ0) is 11.8. The van der Waals surface area contributed by atoms with Crippen molar-refractivity contribution in [3.05, 3.63) is 0 Å². The maximum Gasteiger partial charge on any atom is 0.303 e. The number of carbonyl (C=O) groups is 1. The lowest BCUT2D eigenvalue weighted by molar-refractivity contribution is -0.137. The number of unbranched alkanes of at least 4 members (excludes halogenated alkanes) is 2. The maximum atomic E-state index is 10.3. The zero-order valence-electron chi connectivity index (χ0n) is 10.6. The van der Waals surface area contributed by atoms with Crippen LogP contribution in [0.3, 0.4) is 0 Å². The van der Waals surface area contributed by atoms with Crippen molar-refractivity contribution in [1.82, 2.24) is 0 Å². The van der Waals surface area contributed by atoms with E-state index in [9.17, 15) is 4.79 Å². The Bertz CT molecular complexity index is 197. The van der Waals surface area contributed by atoms with Gasteiger partial charge in [-0.2, -0.15) is 0 Å². The van der Waals surface area contributed by atoms with Crippen LogP contribution in [0, 0.1) is 11.8 Å². The summed E-state index contributed by atoms with van der Waals surface area (Å²) < 4.78 is 0. The minimum Gasteiger partial charge on any atom is -0.481 e. The highest BCUT2D eigenvalue weighted by atomic mass is 16.4. The van der Waals surface area contributed by atoms with Crippen LogP contribution in [0.25, 0.3) is 0 Å². The Hall–Kier alpha value is -0.530. The van der Waals surface area contributed by atoms with Crippen molar-refractivity contribution in [3.8, 4) is 0 Å². The van der Waals surface area contributed by atoms with Gasteiger partial charge in [-0.05, 0) is 18.3 Å². The molecule has 0 bridgehead atoms. The molecule has 1 saturated carbocycles. The van der Waals surface area contributed by atoms with Crippen LogP contribution in [-0.4, -0.2) is 11.1 Å². The van der Waals surface area contributed by atoms with Crippen molar-refractivity contribution in [1.29, 1.82) is 0 Å². The molecule has 1 atom stereocenters. The summed E-state index contributed by atoms with van der Waals surface area (Å²) in [4.78, 5) is 10.3. The Morgan fingerprint density at radius 1 is 1.19 bits per heavy atom. The van der Waals surface area contributed by atoms with Crippen molar-refractivity contribution in [3.63, 3.8) is 0 Å². The normalized spacial score (nSPS) is 17.3. The van der Waals surface area contributed by atoms with E-state index in [-0.39, 0.29) is 0 Å². The van der Waals surface area contributed by atoms with Gasteiger partial charge in [-0.15, -0.1) is 0 Å². The summed E-state index contributed by atoms with van der Waals surface area (Å²) in [5.41, 5.74) is 0. The predicted octanol–water partition coefficient (Wildman–Crippen LogP) is 4.24. The van der Waals surface area contributed by atoms with E-state index in [2.05, 4.69) is 6.92 Å². The van der Waals surface area contributed by atoms with Crippen LogP contribution >= 0.6 is 0 Å². The first kappa shape index (κ1) is 13.5. The van der Waals surface area contributed by atoms with Crippen LogP contribution in [0.2, 0.25) is 0 Å². The zero-order valence-corrected chi connectivity index (χ0v) is 10.6. The molecule has 0 spiro atoms. The van der Waals surface area contributed by atoms with Crippen molar-refractivity contribution < 1.29 is 9.90 Å². The summed E-state index contributed by atoms with van der Waals surface area (Å²) in [5.74, 6) is 1.20. The molecule has 0 saturated heterocycles. The lowest BCUT2D eigenvalue weighted by Gasteiger charge is -2.10. The van der Waals surface area contributed by atoms with E-state index in [1.54, 1.807) is 0 Å². The monoisotopic (exact) mass is 226 g/mol. The summed E-state index contributed by atoms with van der Waals surface area (Å²) in [6.07, 6.45) is 12.0. The van der Waals surface area contributed by atoms with Crippen LogP contribution in [0.5, 0.6) is 0 Å². The fourth-order valence-corrected chi connectivity index (χ4v) is 2.25. The van der Waals surface area contributed by atoms with E-state index >= 15 is 0 Å². The van der Waals surface area contributed by atoms with Gasteiger partial charge in [-0.25, -0.2) is 0 Å². The quantitative estimate of drug-likeness (QED) is 0.566. The number of carboxylic acid groups (broad SMARTS) is 1. The molecule has 0 aromatic carbocycles. The highest BCUT2D eigenvalue weighted by Gasteiger charge is 2.19. The van der Waals surface area contributed by atoms with E-state index in [0.717, 1.165) is 24.7 Å². The molecule has 0 aromatic rings. The second-order valence-corrected chi connectivity index (χ2v) is 5.47. The summed E-state index contributed by atoms with van der Waals surface area (Å²) in [6.45, 7) is 2.30. The van der Waals surface area contributed by atoms with Crippen LogP contribution in [-0.2, 0) is 4.79 Å². The van der Waals surface area contributed by atoms with Gasteiger partial charge in [-0.1, -0.05) is 58.3 Å². The molecule has 0 heterocycles. The third kappa shape index (κ3) is 7.72. The topological polar surface area (TPSA) is 37.3 Å². The van der Waals surface area contributed by atoms with Gasteiger partial charge < -0.3 is 5.11 Å². The van der Waals surface area contributed by atoms with Gasteiger partial charge >= 0.3 is 5.97 Å². The molecule has 2 heteroatoms. The molecule has 0 aliphatic heterocycles. The van der Waals surface area contributed by atoms with Crippen molar-refractivity contribution >= 4 is 5.97 Å². The first-order valence-corrected chi connectivity index (χ1v) is 6.90.